The molecule has 0 aromatic heterocycles. The van der Waals surface area contributed by atoms with Crippen LogP contribution in [0.2, 0.25) is 0 Å². The SMILES string of the molecule is Cc1ccc(NC(=C(C#N)C#N)C(F)(F)F)cc1. The van der Waals surface area contributed by atoms with Crippen LogP contribution in [-0.2, 0) is 0 Å². The average Bonchev–Trinajstić information content (AvgIpc) is 2.30. The topological polar surface area (TPSA) is 59.6 Å². The van der Waals surface area contributed by atoms with Crippen molar-refractivity contribution in [3.05, 3.63) is 41.1 Å². The van der Waals surface area contributed by atoms with Crippen molar-refractivity contribution in [2.24, 2.45) is 0 Å². The average molecular weight is 251 g/mol. The maximum Gasteiger partial charge on any atom is 0.433 e. The van der Waals surface area contributed by atoms with E-state index in [1.54, 1.807) is 19.1 Å². The standard InChI is InChI=1S/C12H8F3N3/c1-8-2-4-10(5-3-8)18-11(12(13,14)15)9(6-16)7-17/h2-5,18H,1H3. The van der Waals surface area contributed by atoms with Crippen LogP contribution in [0.1, 0.15) is 5.56 Å². The van der Waals surface area contributed by atoms with E-state index in [2.05, 4.69) is 5.32 Å². The van der Waals surface area contributed by atoms with Crippen LogP contribution in [-0.4, -0.2) is 6.18 Å². The molecule has 3 nitrogen and oxygen atoms in total. The molecule has 0 aliphatic carbocycles. The number of hydrogen-bond acceptors (Lipinski definition) is 3. The van der Waals surface area contributed by atoms with Gasteiger partial charge in [-0.1, -0.05) is 17.7 Å². The number of anilines is 1. The van der Waals surface area contributed by atoms with Crippen LogP contribution >= 0.6 is 0 Å². The van der Waals surface area contributed by atoms with Gasteiger partial charge in [0.05, 0.1) is 0 Å². The highest BCUT2D eigenvalue weighted by atomic mass is 19.4. The highest BCUT2D eigenvalue weighted by Gasteiger charge is 2.37. The molecule has 0 heterocycles. The molecule has 1 rings (SSSR count). The first-order valence-corrected chi connectivity index (χ1v) is 4.84. The van der Waals surface area contributed by atoms with Crippen LogP contribution in [0.5, 0.6) is 0 Å². The second-order valence-corrected chi connectivity index (χ2v) is 3.46. The summed E-state index contributed by atoms with van der Waals surface area (Å²) in [7, 11) is 0. The molecule has 0 fully saturated rings. The van der Waals surface area contributed by atoms with Crippen molar-refractivity contribution < 1.29 is 13.2 Å². The van der Waals surface area contributed by atoms with Gasteiger partial charge < -0.3 is 5.32 Å². The number of aryl methyl sites for hydroxylation is 1. The van der Waals surface area contributed by atoms with E-state index in [-0.39, 0.29) is 5.69 Å². The molecule has 0 radical (unpaired) electrons. The monoisotopic (exact) mass is 251 g/mol. The largest absolute Gasteiger partial charge is 0.433 e. The van der Waals surface area contributed by atoms with Gasteiger partial charge in [-0.3, -0.25) is 0 Å². The van der Waals surface area contributed by atoms with Crippen molar-refractivity contribution in [3.8, 4) is 12.1 Å². The Labute approximate surface area is 102 Å². The fourth-order valence-electron chi connectivity index (χ4n) is 1.19. The number of nitrogens with one attached hydrogen (secondary N) is 1. The number of nitriles is 2. The second kappa shape index (κ2) is 5.24. The fourth-order valence-corrected chi connectivity index (χ4v) is 1.19. The van der Waals surface area contributed by atoms with E-state index in [1.807, 2.05) is 0 Å². The van der Waals surface area contributed by atoms with Gasteiger partial charge in [-0.25, -0.2) is 0 Å². The summed E-state index contributed by atoms with van der Waals surface area (Å²) < 4.78 is 38.1. The Hall–Kier alpha value is -2.47. The number of hydrogen-bond donors (Lipinski definition) is 1. The van der Waals surface area contributed by atoms with E-state index in [0.29, 0.717) is 0 Å². The maximum absolute atomic E-state index is 12.7. The van der Waals surface area contributed by atoms with Crippen molar-refractivity contribution in [2.45, 2.75) is 13.1 Å². The summed E-state index contributed by atoms with van der Waals surface area (Å²) >= 11 is 0. The summed E-state index contributed by atoms with van der Waals surface area (Å²) in [6, 6.07) is 8.57. The zero-order valence-corrected chi connectivity index (χ0v) is 9.34. The van der Waals surface area contributed by atoms with Crippen molar-refractivity contribution in [2.75, 3.05) is 5.32 Å². The lowest BCUT2D eigenvalue weighted by atomic mass is 10.2. The molecule has 6 heteroatoms. The first-order chi connectivity index (χ1) is 8.38. The van der Waals surface area contributed by atoms with Crippen molar-refractivity contribution in [1.82, 2.24) is 0 Å². The Morgan fingerprint density at radius 1 is 1.11 bits per heavy atom. The van der Waals surface area contributed by atoms with Gasteiger partial charge in [-0.15, -0.1) is 0 Å². The molecule has 18 heavy (non-hydrogen) atoms. The number of allylic oxidation sites excluding steroid dienone is 2. The third-order valence-corrected chi connectivity index (χ3v) is 2.08. The van der Waals surface area contributed by atoms with Crippen molar-refractivity contribution >= 4 is 5.69 Å². The molecular weight excluding hydrogens is 243 g/mol. The molecule has 0 saturated heterocycles. The molecule has 92 valence electrons. The van der Waals surface area contributed by atoms with Crippen LogP contribution in [0.15, 0.2) is 35.5 Å². The Bertz CT molecular complexity index is 526. The number of rotatable bonds is 2. The molecule has 0 spiro atoms. The minimum absolute atomic E-state index is 0.163. The van der Waals surface area contributed by atoms with Gasteiger partial charge in [-0.2, -0.15) is 23.7 Å². The molecule has 0 amide bonds. The zero-order chi connectivity index (χ0) is 13.8. The van der Waals surface area contributed by atoms with Crippen LogP contribution < -0.4 is 5.32 Å². The zero-order valence-electron chi connectivity index (χ0n) is 9.34. The predicted molar refractivity (Wildman–Crippen MR) is 59.1 cm³/mol. The molecule has 1 aromatic carbocycles. The molecule has 0 saturated carbocycles. The smallest absolute Gasteiger partial charge is 0.350 e. The minimum Gasteiger partial charge on any atom is -0.350 e. The minimum atomic E-state index is -4.79. The molecule has 1 aromatic rings. The molecule has 0 bridgehead atoms. The van der Waals surface area contributed by atoms with E-state index < -0.39 is 17.4 Å². The van der Waals surface area contributed by atoms with Crippen LogP contribution in [0.25, 0.3) is 0 Å². The second-order valence-electron chi connectivity index (χ2n) is 3.46. The van der Waals surface area contributed by atoms with Gasteiger partial charge in [0.15, 0.2) is 5.57 Å². The number of halogens is 3. The lowest BCUT2D eigenvalue weighted by Gasteiger charge is -2.14. The van der Waals surface area contributed by atoms with E-state index in [0.717, 1.165) is 5.56 Å². The third kappa shape index (κ3) is 3.26. The fraction of sp³-hybridized carbons (Fsp3) is 0.167. The summed E-state index contributed by atoms with van der Waals surface area (Å²) in [5.41, 5.74) is -1.30. The Balaban J connectivity index is 3.17. The summed E-state index contributed by atoms with van der Waals surface area (Å²) in [5.74, 6) is 0. The predicted octanol–water partition coefficient (Wildman–Crippen LogP) is 3.27. The first kappa shape index (κ1) is 13.6. The third-order valence-electron chi connectivity index (χ3n) is 2.08. The first-order valence-electron chi connectivity index (χ1n) is 4.84. The Morgan fingerprint density at radius 3 is 2.00 bits per heavy atom. The Kier molecular flexibility index (Phi) is 3.96. The molecule has 0 aliphatic heterocycles. The molecule has 0 atom stereocenters. The van der Waals surface area contributed by atoms with E-state index in [9.17, 15) is 13.2 Å². The number of benzene rings is 1. The molecule has 0 unspecified atom stereocenters. The van der Waals surface area contributed by atoms with Crippen LogP contribution in [0.3, 0.4) is 0 Å². The highest BCUT2D eigenvalue weighted by molar-refractivity contribution is 5.55. The Morgan fingerprint density at radius 2 is 1.61 bits per heavy atom. The van der Waals surface area contributed by atoms with Crippen LogP contribution in [0.4, 0.5) is 18.9 Å². The van der Waals surface area contributed by atoms with Gasteiger partial charge in [0.2, 0.25) is 0 Å². The maximum atomic E-state index is 12.7. The lowest BCUT2D eigenvalue weighted by Crippen LogP contribution is -2.21. The quantitative estimate of drug-likeness (QED) is 0.820. The molecule has 1 N–H and O–H groups in total. The van der Waals surface area contributed by atoms with E-state index in [1.165, 1.54) is 24.3 Å². The van der Waals surface area contributed by atoms with Gasteiger partial charge in [0.25, 0.3) is 0 Å². The molecule has 0 aliphatic rings. The number of alkyl halides is 3. The van der Waals surface area contributed by atoms with Gasteiger partial charge in [0, 0.05) is 5.69 Å². The summed E-state index contributed by atoms with van der Waals surface area (Å²) in [6.45, 7) is 1.79. The van der Waals surface area contributed by atoms with Gasteiger partial charge >= 0.3 is 6.18 Å². The number of nitrogens with zero attached hydrogens (tertiary/aromatic N) is 2. The van der Waals surface area contributed by atoms with Crippen molar-refractivity contribution in [3.63, 3.8) is 0 Å². The molecular formula is C12H8F3N3. The summed E-state index contributed by atoms with van der Waals surface area (Å²) in [6.07, 6.45) is -4.79. The van der Waals surface area contributed by atoms with E-state index in [4.69, 9.17) is 10.5 Å². The summed E-state index contributed by atoms with van der Waals surface area (Å²) in [5, 5.41) is 19.1. The van der Waals surface area contributed by atoms with Gasteiger partial charge in [0.1, 0.15) is 17.8 Å². The normalized spacial score (nSPS) is 10.1. The van der Waals surface area contributed by atoms with Crippen molar-refractivity contribution in [1.29, 1.82) is 10.5 Å². The highest BCUT2D eigenvalue weighted by Crippen LogP contribution is 2.29. The summed E-state index contributed by atoms with van der Waals surface area (Å²) in [4.78, 5) is 0. The lowest BCUT2D eigenvalue weighted by molar-refractivity contribution is -0.0906. The van der Waals surface area contributed by atoms with E-state index >= 15 is 0 Å². The van der Waals surface area contributed by atoms with Crippen LogP contribution in [0, 0.1) is 29.6 Å². The van der Waals surface area contributed by atoms with Gasteiger partial charge in [-0.05, 0) is 19.1 Å².